The summed E-state index contributed by atoms with van der Waals surface area (Å²) in [5.41, 5.74) is 5.36. The van der Waals surface area contributed by atoms with Gasteiger partial charge in [-0.3, -0.25) is 39.4 Å². The lowest BCUT2D eigenvalue weighted by Crippen LogP contribution is -2.46. The highest BCUT2D eigenvalue weighted by Crippen LogP contribution is 2.26. The summed E-state index contributed by atoms with van der Waals surface area (Å²) in [6.07, 6.45) is 0. The fourth-order valence-corrected chi connectivity index (χ4v) is 7.10. The van der Waals surface area contributed by atoms with E-state index in [4.69, 9.17) is 24.6 Å². The number of hydrogen-bond donors (Lipinski definition) is 4. The van der Waals surface area contributed by atoms with Crippen LogP contribution in [0.25, 0.3) is 0 Å². The SMILES string of the molecule is CC.O=C(NO)c1ccc2c(c1)OCCN(C(=O)CN1CCOCC1)C2.O=C(NO)c1ccc2c(c1)OCCN(C(=O)CN1CCS(=O)(=O)CC1)C2. The van der Waals surface area contributed by atoms with E-state index in [-0.39, 0.29) is 42.0 Å². The average Bonchev–Trinajstić information content (AvgIpc) is 3.52. The van der Waals surface area contributed by atoms with Gasteiger partial charge in [0.1, 0.15) is 24.7 Å². The zero-order valence-corrected chi connectivity index (χ0v) is 30.4. The molecule has 0 aromatic heterocycles. The second-order valence-electron chi connectivity index (χ2n) is 12.2. The van der Waals surface area contributed by atoms with Crippen LogP contribution < -0.4 is 20.4 Å². The Hall–Kier alpha value is -4.33. The van der Waals surface area contributed by atoms with Crippen molar-refractivity contribution in [2.75, 3.05) is 90.3 Å². The summed E-state index contributed by atoms with van der Waals surface area (Å²) in [5.74, 6) is -0.00432. The van der Waals surface area contributed by atoms with Crippen LogP contribution in [0.2, 0.25) is 0 Å². The van der Waals surface area contributed by atoms with Gasteiger partial charge in [0.25, 0.3) is 11.8 Å². The van der Waals surface area contributed by atoms with E-state index in [0.29, 0.717) is 82.7 Å². The van der Waals surface area contributed by atoms with Gasteiger partial charge in [-0.2, -0.15) is 0 Å². The highest BCUT2D eigenvalue weighted by molar-refractivity contribution is 7.91. The Kier molecular flexibility index (Phi) is 15.2. The van der Waals surface area contributed by atoms with Crippen LogP contribution in [-0.2, 0) is 37.3 Å². The lowest BCUT2D eigenvalue weighted by molar-refractivity contribution is -0.134. The third-order valence-corrected chi connectivity index (χ3v) is 10.4. The molecular weight excluding hydrogens is 700 g/mol. The highest BCUT2D eigenvalue weighted by Gasteiger charge is 2.27. The van der Waals surface area contributed by atoms with Crippen molar-refractivity contribution in [1.82, 2.24) is 30.6 Å². The van der Waals surface area contributed by atoms with E-state index in [9.17, 15) is 27.6 Å². The number of amides is 4. The van der Waals surface area contributed by atoms with Crippen molar-refractivity contribution in [3.63, 3.8) is 0 Å². The lowest BCUT2D eigenvalue weighted by atomic mass is 10.1. The molecule has 4 amide bonds. The van der Waals surface area contributed by atoms with Gasteiger partial charge in [0, 0.05) is 61.5 Å². The number of benzene rings is 2. The van der Waals surface area contributed by atoms with Crippen LogP contribution in [-0.4, -0.2) is 152 Å². The first-order valence-corrected chi connectivity index (χ1v) is 19.1. The number of hydroxylamine groups is 2. The van der Waals surface area contributed by atoms with Crippen LogP contribution in [0.4, 0.5) is 0 Å². The van der Waals surface area contributed by atoms with Gasteiger partial charge in [-0.05, 0) is 24.3 Å². The van der Waals surface area contributed by atoms with Crippen LogP contribution in [0.15, 0.2) is 36.4 Å². The van der Waals surface area contributed by atoms with Gasteiger partial charge < -0.3 is 24.0 Å². The minimum atomic E-state index is -2.97. The molecule has 4 aliphatic heterocycles. The molecule has 0 bridgehead atoms. The standard InChI is InChI=1S/C16H21N3O6S.C16H21N3O5.C2H6/c20-15(11-18-4-7-26(23,24)8-5-18)19-3-6-25-14-9-12(16(21)17-22)1-2-13(14)10-19;20-15(11-18-3-6-23-7-4-18)19-5-8-24-14-9-12(16(21)17-22)1-2-13(14)10-19;1-2/h1-2,9,22H,3-8,10-11H2,(H,17,21);1-2,9,22H,3-8,10-11H2,(H,17,21);1-2H3. The maximum atomic E-state index is 12.6. The molecule has 286 valence electrons. The molecular formula is C34H48N6O11S. The van der Waals surface area contributed by atoms with Gasteiger partial charge in [-0.25, -0.2) is 19.4 Å². The minimum Gasteiger partial charge on any atom is -0.491 e. The summed E-state index contributed by atoms with van der Waals surface area (Å²) in [6, 6.07) is 9.71. The largest absolute Gasteiger partial charge is 0.491 e. The average molecular weight is 749 g/mol. The fourth-order valence-electron chi connectivity index (χ4n) is 5.83. The van der Waals surface area contributed by atoms with Crippen molar-refractivity contribution in [3.05, 3.63) is 58.7 Å². The number of fused-ring (bicyclic) bond motifs is 2. The molecule has 0 radical (unpaired) electrons. The van der Waals surface area contributed by atoms with E-state index in [0.717, 1.165) is 24.2 Å². The van der Waals surface area contributed by atoms with Crippen molar-refractivity contribution >= 4 is 33.5 Å². The predicted octanol–water partition coefficient (Wildman–Crippen LogP) is 0.142. The first-order valence-electron chi connectivity index (χ1n) is 17.2. The van der Waals surface area contributed by atoms with Crippen molar-refractivity contribution in [2.24, 2.45) is 0 Å². The molecule has 0 unspecified atom stereocenters. The number of sulfone groups is 1. The topological polar surface area (TPSA) is 208 Å². The van der Waals surface area contributed by atoms with E-state index < -0.39 is 21.7 Å². The number of rotatable bonds is 6. The van der Waals surface area contributed by atoms with Crippen molar-refractivity contribution in [2.45, 2.75) is 26.9 Å². The summed E-state index contributed by atoms with van der Waals surface area (Å²) < 4.78 is 39.6. The Balaban J connectivity index is 0.000000223. The summed E-state index contributed by atoms with van der Waals surface area (Å²) in [4.78, 5) is 55.5. The maximum absolute atomic E-state index is 12.6. The summed E-state index contributed by atoms with van der Waals surface area (Å²) in [5, 5.41) is 17.4. The van der Waals surface area contributed by atoms with Crippen molar-refractivity contribution in [1.29, 1.82) is 0 Å². The van der Waals surface area contributed by atoms with E-state index in [1.165, 1.54) is 6.07 Å². The number of ether oxygens (including phenoxy) is 3. The molecule has 6 rings (SSSR count). The Morgan fingerprint density at radius 1 is 0.654 bits per heavy atom. The van der Waals surface area contributed by atoms with Gasteiger partial charge in [0.05, 0.1) is 50.9 Å². The fraction of sp³-hybridized carbons (Fsp3) is 0.529. The normalized spacial score (nSPS) is 18.5. The monoisotopic (exact) mass is 748 g/mol. The molecule has 4 aliphatic rings. The highest BCUT2D eigenvalue weighted by atomic mass is 32.2. The third kappa shape index (κ3) is 11.3. The second kappa shape index (κ2) is 19.5. The molecule has 2 aromatic rings. The first-order chi connectivity index (χ1) is 25.0. The molecule has 0 spiro atoms. The van der Waals surface area contributed by atoms with E-state index in [1.54, 1.807) is 51.1 Å². The van der Waals surface area contributed by atoms with Gasteiger partial charge in [0.2, 0.25) is 11.8 Å². The Morgan fingerprint density at radius 3 is 1.50 bits per heavy atom. The molecule has 18 heteroatoms. The Labute approximate surface area is 303 Å². The number of nitrogens with zero attached hydrogens (tertiary/aromatic N) is 4. The number of hydrogen-bond acceptors (Lipinski definition) is 13. The van der Waals surface area contributed by atoms with Crippen LogP contribution in [0.1, 0.15) is 45.7 Å². The number of carbonyl (C=O) groups excluding carboxylic acids is 4. The maximum Gasteiger partial charge on any atom is 0.274 e. The van der Waals surface area contributed by atoms with Gasteiger partial charge >= 0.3 is 0 Å². The Morgan fingerprint density at radius 2 is 1.08 bits per heavy atom. The van der Waals surface area contributed by atoms with Gasteiger partial charge in [-0.15, -0.1) is 0 Å². The molecule has 4 heterocycles. The van der Waals surface area contributed by atoms with Crippen LogP contribution in [0.3, 0.4) is 0 Å². The van der Waals surface area contributed by atoms with E-state index in [1.807, 2.05) is 18.7 Å². The molecule has 2 saturated heterocycles. The van der Waals surface area contributed by atoms with E-state index in [2.05, 4.69) is 4.90 Å². The second-order valence-corrected chi connectivity index (χ2v) is 14.5. The third-order valence-electron chi connectivity index (χ3n) is 8.79. The lowest BCUT2D eigenvalue weighted by Gasteiger charge is -2.28. The molecule has 0 aliphatic carbocycles. The quantitative estimate of drug-likeness (QED) is 0.230. The smallest absolute Gasteiger partial charge is 0.274 e. The number of morpholine rings is 1. The van der Waals surface area contributed by atoms with E-state index >= 15 is 0 Å². The first kappa shape index (κ1) is 40.4. The molecule has 0 saturated carbocycles. The van der Waals surface area contributed by atoms with Crippen LogP contribution in [0.5, 0.6) is 11.5 Å². The summed E-state index contributed by atoms with van der Waals surface area (Å²) >= 11 is 0. The van der Waals surface area contributed by atoms with Gasteiger partial charge in [0.15, 0.2) is 9.84 Å². The number of carbonyl (C=O) groups is 4. The van der Waals surface area contributed by atoms with Crippen molar-refractivity contribution in [3.8, 4) is 11.5 Å². The van der Waals surface area contributed by atoms with Gasteiger partial charge in [-0.1, -0.05) is 26.0 Å². The molecule has 52 heavy (non-hydrogen) atoms. The number of nitrogens with one attached hydrogen (secondary N) is 2. The molecule has 2 aromatic carbocycles. The zero-order chi connectivity index (χ0) is 37.7. The Bertz CT molecular complexity index is 1650. The molecule has 17 nitrogen and oxygen atoms in total. The van der Waals surface area contributed by atoms with Crippen LogP contribution >= 0.6 is 0 Å². The molecule has 2 fully saturated rings. The molecule has 4 N–H and O–H groups in total. The summed E-state index contributed by atoms with van der Waals surface area (Å²) in [7, 11) is -2.97. The minimum absolute atomic E-state index is 0.0607. The molecule has 0 atom stereocenters. The van der Waals surface area contributed by atoms with Crippen LogP contribution in [0, 0.1) is 0 Å². The predicted molar refractivity (Wildman–Crippen MR) is 187 cm³/mol. The summed E-state index contributed by atoms with van der Waals surface area (Å²) in [6.45, 7) is 10.5. The zero-order valence-electron chi connectivity index (χ0n) is 29.5. The van der Waals surface area contributed by atoms with Crippen molar-refractivity contribution < 1.29 is 52.2 Å².